The van der Waals surface area contributed by atoms with Crippen LogP contribution in [-0.2, 0) is 6.42 Å². The molecular weight excluding hydrogens is 177 g/mol. The Labute approximate surface area is 84.1 Å². The lowest BCUT2D eigenvalue weighted by Crippen LogP contribution is -2.21. The van der Waals surface area contributed by atoms with E-state index in [1.165, 1.54) is 0 Å². The van der Waals surface area contributed by atoms with Gasteiger partial charge in [-0.05, 0) is 30.5 Å². The highest BCUT2D eigenvalue weighted by molar-refractivity contribution is 5.41. The van der Waals surface area contributed by atoms with Crippen LogP contribution in [0.25, 0.3) is 0 Å². The van der Waals surface area contributed by atoms with Crippen LogP contribution in [0, 0.1) is 0 Å². The standard InChI is InChI=1S/C12H16FN/c13-12(6-1-2-7-12)9-10-4-3-5-11(14)8-10/h3-5,8H,1-2,6-7,9,14H2. The van der Waals surface area contributed by atoms with Gasteiger partial charge in [-0.15, -0.1) is 0 Å². The normalized spacial score (nSPS) is 19.8. The molecule has 0 amide bonds. The maximum absolute atomic E-state index is 14.1. The van der Waals surface area contributed by atoms with Crippen molar-refractivity contribution in [3.8, 4) is 0 Å². The SMILES string of the molecule is Nc1cccc(CC2(F)CCCC2)c1. The Bertz CT molecular complexity index is 316. The molecule has 1 saturated carbocycles. The zero-order valence-corrected chi connectivity index (χ0v) is 8.30. The minimum atomic E-state index is -0.964. The second kappa shape index (κ2) is 3.60. The summed E-state index contributed by atoms with van der Waals surface area (Å²) in [5.41, 5.74) is 6.44. The van der Waals surface area contributed by atoms with Crippen molar-refractivity contribution < 1.29 is 4.39 Å². The van der Waals surface area contributed by atoms with Crippen molar-refractivity contribution in [3.05, 3.63) is 29.8 Å². The third kappa shape index (κ3) is 2.06. The summed E-state index contributed by atoms with van der Waals surface area (Å²) in [7, 11) is 0. The summed E-state index contributed by atoms with van der Waals surface area (Å²) in [5.74, 6) is 0. The molecule has 14 heavy (non-hydrogen) atoms. The van der Waals surface area contributed by atoms with Crippen LogP contribution in [0.2, 0.25) is 0 Å². The smallest absolute Gasteiger partial charge is 0.115 e. The van der Waals surface area contributed by atoms with Crippen LogP contribution in [0.4, 0.5) is 10.1 Å². The summed E-state index contributed by atoms with van der Waals surface area (Å²) < 4.78 is 14.1. The van der Waals surface area contributed by atoms with Gasteiger partial charge in [-0.1, -0.05) is 25.0 Å². The van der Waals surface area contributed by atoms with Crippen molar-refractivity contribution in [3.63, 3.8) is 0 Å². The number of nitrogen functional groups attached to an aromatic ring is 1. The lowest BCUT2D eigenvalue weighted by molar-refractivity contribution is 0.173. The second-order valence-electron chi connectivity index (χ2n) is 4.28. The zero-order chi connectivity index (χ0) is 10.0. The van der Waals surface area contributed by atoms with E-state index in [1.54, 1.807) is 0 Å². The fraction of sp³-hybridized carbons (Fsp3) is 0.500. The highest BCUT2D eigenvalue weighted by atomic mass is 19.1. The number of alkyl halides is 1. The summed E-state index contributed by atoms with van der Waals surface area (Å²) in [4.78, 5) is 0. The number of hydrogen-bond acceptors (Lipinski definition) is 1. The van der Waals surface area contributed by atoms with Gasteiger partial charge in [-0.2, -0.15) is 0 Å². The van der Waals surface area contributed by atoms with Crippen molar-refractivity contribution in [2.45, 2.75) is 37.8 Å². The molecule has 0 bridgehead atoms. The third-order valence-corrected chi connectivity index (χ3v) is 2.97. The fourth-order valence-electron chi connectivity index (χ4n) is 2.25. The molecule has 1 aromatic carbocycles. The van der Waals surface area contributed by atoms with Gasteiger partial charge < -0.3 is 5.73 Å². The van der Waals surface area contributed by atoms with E-state index in [-0.39, 0.29) is 0 Å². The van der Waals surface area contributed by atoms with Gasteiger partial charge >= 0.3 is 0 Å². The molecule has 1 fully saturated rings. The van der Waals surface area contributed by atoms with Gasteiger partial charge in [0.15, 0.2) is 0 Å². The first-order valence-corrected chi connectivity index (χ1v) is 5.21. The van der Waals surface area contributed by atoms with Crippen molar-refractivity contribution in [1.29, 1.82) is 0 Å². The predicted octanol–water partition coefficient (Wildman–Crippen LogP) is 3.09. The molecule has 76 valence electrons. The van der Waals surface area contributed by atoms with Gasteiger partial charge in [-0.3, -0.25) is 0 Å². The second-order valence-corrected chi connectivity index (χ2v) is 4.28. The Morgan fingerprint density at radius 1 is 1.29 bits per heavy atom. The van der Waals surface area contributed by atoms with Gasteiger partial charge in [0.1, 0.15) is 5.67 Å². The van der Waals surface area contributed by atoms with E-state index in [1.807, 2.05) is 24.3 Å². The molecule has 0 aromatic heterocycles. The largest absolute Gasteiger partial charge is 0.399 e. The van der Waals surface area contributed by atoms with Crippen LogP contribution in [-0.4, -0.2) is 5.67 Å². The first kappa shape index (κ1) is 9.50. The molecule has 0 heterocycles. The van der Waals surface area contributed by atoms with Gasteiger partial charge in [0.05, 0.1) is 0 Å². The molecule has 2 N–H and O–H groups in total. The van der Waals surface area contributed by atoms with Crippen LogP contribution in [0.3, 0.4) is 0 Å². The number of rotatable bonds is 2. The lowest BCUT2D eigenvalue weighted by atomic mass is 9.95. The molecule has 2 heteroatoms. The highest BCUT2D eigenvalue weighted by Gasteiger charge is 2.33. The highest BCUT2D eigenvalue weighted by Crippen LogP contribution is 2.36. The summed E-state index contributed by atoms with van der Waals surface area (Å²) in [6.45, 7) is 0. The number of anilines is 1. The molecule has 0 atom stereocenters. The predicted molar refractivity (Wildman–Crippen MR) is 56.9 cm³/mol. The minimum Gasteiger partial charge on any atom is -0.399 e. The quantitative estimate of drug-likeness (QED) is 0.717. The van der Waals surface area contributed by atoms with Crippen molar-refractivity contribution in [2.75, 3.05) is 5.73 Å². The number of nitrogens with two attached hydrogens (primary N) is 1. The Morgan fingerprint density at radius 3 is 2.64 bits per heavy atom. The maximum atomic E-state index is 14.1. The number of hydrogen-bond donors (Lipinski definition) is 1. The van der Waals surface area contributed by atoms with Crippen LogP contribution in [0.1, 0.15) is 31.2 Å². The van der Waals surface area contributed by atoms with Crippen molar-refractivity contribution in [2.24, 2.45) is 0 Å². The zero-order valence-electron chi connectivity index (χ0n) is 8.30. The van der Waals surface area contributed by atoms with E-state index in [2.05, 4.69) is 0 Å². The summed E-state index contributed by atoms with van der Waals surface area (Å²) in [5, 5.41) is 0. The van der Waals surface area contributed by atoms with Crippen molar-refractivity contribution in [1.82, 2.24) is 0 Å². The fourth-order valence-corrected chi connectivity index (χ4v) is 2.25. The molecule has 2 rings (SSSR count). The lowest BCUT2D eigenvalue weighted by Gasteiger charge is -2.18. The number of benzene rings is 1. The Balaban J connectivity index is 2.10. The Kier molecular flexibility index (Phi) is 2.44. The first-order valence-electron chi connectivity index (χ1n) is 5.21. The Hall–Kier alpha value is -1.05. The van der Waals surface area contributed by atoms with E-state index in [9.17, 15) is 4.39 Å². The van der Waals surface area contributed by atoms with Gasteiger partial charge in [0.25, 0.3) is 0 Å². The molecule has 0 aliphatic heterocycles. The van der Waals surface area contributed by atoms with E-state index >= 15 is 0 Å². The summed E-state index contributed by atoms with van der Waals surface area (Å²) >= 11 is 0. The maximum Gasteiger partial charge on any atom is 0.115 e. The average Bonchev–Trinajstić information content (AvgIpc) is 2.51. The van der Waals surface area contributed by atoms with Crippen LogP contribution in [0.5, 0.6) is 0 Å². The topological polar surface area (TPSA) is 26.0 Å². The van der Waals surface area contributed by atoms with Crippen LogP contribution >= 0.6 is 0 Å². The van der Waals surface area contributed by atoms with Gasteiger partial charge in [-0.25, -0.2) is 4.39 Å². The van der Waals surface area contributed by atoms with Crippen molar-refractivity contribution >= 4 is 5.69 Å². The minimum absolute atomic E-state index is 0.526. The molecule has 1 nitrogen and oxygen atoms in total. The average molecular weight is 193 g/mol. The first-order chi connectivity index (χ1) is 6.68. The Morgan fingerprint density at radius 2 is 2.00 bits per heavy atom. The molecule has 1 aromatic rings. The third-order valence-electron chi connectivity index (χ3n) is 2.97. The van der Waals surface area contributed by atoms with E-state index in [0.29, 0.717) is 19.3 Å². The molecular formula is C12H16FN. The van der Waals surface area contributed by atoms with Gasteiger partial charge in [0, 0.05) is 12.1 Å². The molecule has 0 radical (unpaired) electrons. The van der Waals surface area contributed by atoms with E-state index in [0.717, 1.165) is 24.1 Å². The van der Waals surface area contributed by atoms with E-state index < -0.39 is 5.67 Å². The molecule has 0 saturated heterocycles. The van der Waals surface area contributed by atoms with Crippen LogP contribution < -0.4 is 5.73 Å². The summed E-state index contributed by atoms with van der Waals surface area (Å²) in [6, 6.07) is 7.56. The van der Waals surface area contributed by atoms with E-state index in [4.69, 9.17) is 5.73 Å². The summed E-state index contributed by atoms with van der Waals surface area (Å²) in [6.07, 6.45) is 4.00. The molecule has 1 aliphatic carbocycles. The molecule has 1 aliphatic rings. The van der Waals surface area contributed by atoms with Gasteiger partial charge in [0.2, 0.25) is 0 Å². The monoisotopic (exact) mass is 193 g/mol. The number of halogens is 1. The molecule has 0 unspecified atom stereocenters. The molecule has 0 spiro atoms. The van der Waals surface area contributed by atoms with Crippen LogP contribution in [0.15, 0.2) is 24.3 Å².